The fourth-order valence-corrected chi connectivity index (χ4v) is 3.70. The maximum absolute atomic E-state index is 5.97. The lowest BCUT2D eigenvalue weighted by atomic mass is 9.76. The van der Waals surface area contributed by atoms with Crippen molar-refractivity contribution in [3.05, 3.63) is 12.4 Å². The molecule has 0 atom stereocenters. The Hall–Kier alpha value is -0.700. The van der Waals surface area contributed by atoms with Crippen LogP contribution in [0.15, 0.2) is 12.4 Å². The lowest BCUT2D eigenvalue weighted by molar-refractivity contribution is 0.218. The van der Waals surface area contributed by atoms with Gasteiger partial charge in [0.15, 0.2) is 0 Å². The van der Waals surface area contributed by atoms with Crippen molar-refractivity contribution in [3.63, 3.8) is 0 Å². The summed E-state index contributed by atoms with van der Waals surface area (Å²) in [5, 5.41) is 3.28. The molecule has 3 heteroatoms. The summed E-state index contributed by atoms with van der Waals surface area (Å²) < 4.78 is 0. The van der Waals surface area contributed by atoms with Gasteiger partial charge in [0.05, 0.1) is 5.82 Å². The number of hydrogen-bond acceptors (Lipinski definition) is 3. The van der Waals surface area contributed by atoms with Gasteiger partial charge in [-0.3, -0.25) is 0 Å². The monoisotopic (exact) mass is 251 g/mol. The van der Waals surface area contributed by atoms with Crippen molar-refractivity contribution in [2.24, 2.45) is 23.3 Å². The van der Waals surface area contributed by atoms with E-state index in [1.807, 2.05) is 0 Å². The van der Waals surface area contributed by atoms with E-state index in [2.05, 4.69) is 11.9 Å². The topological polar surface area (TPSA) is 64.1 Å². The number of rotatable bonds is 4. The summed E-state index contributed by atoms with van der Waals surface area (Å²) in [5.74, 6) is 2.51. The minimum Gasteiger partial charge on any atom is -0.386 e. The van der Waals surface area contributed by atoms with Crippen molar-refractivity contribution < 1.29 is 0 Å². The zero-order chi connectivity index (χ0) is 13.0. The average molecular weight is 251 g/mol. The summed E-state index contributed by atoms with van der Waals surface area (Å²) in [6.45, 7) is 3.72. The van der Waals surface area contributed by atoms with E-state index in [-0.39, 0.29) is 0 Å². The molecule has 0 unspecified atom stereocenters. The van der Waals surface area contributed by atoms with Gasteiger partial charge >= 0.3 is 0 Å². The lowest BCUT2D eigenvalue weighted by Gasteiger charge is -2.33. The molecule has 3 nitrogen and oxygen atoms in total. The van der Waals surface area contributed by atoms with Crippen LogP contribution in [0, 0.1) is 11.8 Å². The fraction of sp³-hybridized carbons (Fsp3) is 0.867. The van der Waals surface area contributed by atoms with Crippen molar-refractivity contribution in [2.45, 2.75) is 69.9 Å². The largest absolute Gasteiger partial charge is 0.386 e. The molecule has 2 aliphatic carbocycles. The molecule has 2 fully saturated rings. The fourth-order valence-electron chi connectivity index (χ4n) is 3.70. The predicted octanol–water partition coefficient (Wildman–Crippen LogP) is 2.47. The van der Waals surface area contributed by atoms with Gasteiger partial charge in [-0.1, -0.05) is 6.58 Å². The molecular weight excluding hydrogens is 222 g/mol. The molecule has 0 aromatic heterocycles. The Balaban J connectivity index is 1.65. The molecule has 2 rings (SSSR count). The van der Waals surface area contributed by atoms with Gasteiger partial charge in [0.2, 0.25) is 0 Å². The molecular formula is C15H29N3. The highest BCUT2D eigenvalue weighted by molar-refractivity contribution is 4.89. The Kier molecular flexibility index (Phi) is 4.93. The van der Waals surface area contributed by atoms with E-state index in [1.165, 1.54) is 57.8 Å². The summed E-state index contributed by atoms with van der Waals surface area (Å²) in [6.07, 6.45) is 11.9. The molecule has 0 heterocycles. The van der Waals surface area contributed by atoms with Crippen LogP contribution in [0.1, 0.15) is 57.8 Å². The average Bonchev–Trinajstić information content (AvgIpc) is 2.34. The number of nitrogens with two attached hydrogens (primary N) is 2. The van der Waals surface area contributed by atoms with Crippen LogP contribution >= 0.6 is 0 Å². The Morgan fingerprint density at radius 1 is 0.944 bits per heavy atom. The highest BCUT2D eigenvalue weighted by Crippen LogP contribution is 2.35. The van der Waals surface area contributed by atoms with E-state index >= 15 is 0 Å². The summed E-state index contributed by atoms with van der Waals surface area (Å²) in [6, 6.07) is 1.05. The number of nitrogens with one attached hydrogen (secondary N) is 1. The minimum absolute atomic E-state index is 0.483. The van der Waals surface area contributed by atoms with Crippen LogP contribution in [0.25, 0.3) is 0 Å². The molecule has 18 heavy (non-hydrogen) atoms. The highest BCUT2D eigenvalue weighted by atomic mass is 15.0. The van der Waals surface area contributed by atoms with Gasteiger partial charge in [-0.05, 0) is 69.6 Å². The molecule has 0 bridgehead atoms. The maximum atomic E-state index is 5.97. The van der Waals surface area contributed by atoms with Gasteiger partial charge < -0.3 is 16.8 Å². The third kappa shape index (κ3) is 4.20. The van der Waals surface area contributed by atoms with Gasteiger partial charge in [-0.25, -0.2) is 0 Å². The molecule has 2 saturated carbocycles. The van der Waals surface area contributed by atoms with Gasteiger partial charge in [0.25, 0.3) is 0 Å². The second-order valence-corrected chi connectivity index (χ2v) is 6.40. The summed E-state index contributed by atoms with van der Waals surface area (Å²) in [5.41, 5.74) is 11.6. The van der Waals surface area contributed by atoms with Gasteiger partial charge in [0, 0.05) is 12.1 Å². The molecule has 0 aromatic carbocycles. The Morgan fingerprint density at radius 3 is 1.94 bits per heavy atom. The van der Waals surface area contributed by atoms with Crippen molar-refractivity contribution in [1.29, 1.82) is 0 Å². The Bertz CT molecular complexity index is 261. The van der Waals surface area contributed by atoms with Crippen LogP contribution in [0.5, 0.6) is 0 Å². The molecule has 5 N–H and O–H groups in total. The highest BCUT2D eigenvalue weighted by Gasteiger charge is 2.25. The molecule has 0 saturated heterocycles. The molecule has 104 valence electrons. The lowest BCUT2D eigenvalue weighted by Crippen LogP contribution is -2.35. The number of hydrogen-bond donors (Lipinski definition) is 3. The van der Waals surface area contributed by atoms with Crippen LogP contribution in [-0.2, 0) is 0 Å². The zero-order valence-corrected chi connectivity index (χ0v) is 11.5. The van der Waals surface area contributed by atoms with E-state index < -0.39 is 0 Å². The van der Waals surface area contributed by atoms with Crippen LogP contribution in [0.2, 0.25) is 0 Å². The van der Waals surface area contributed by atoms with Crippen molar-refractivity contribution in [1.82, 2.24) is 5.32 Å². The smallest absolute Gasteiger partial charge is 0.0888 e. The third-order valence-electron chi connectivity index (χ3n) is 4.79. The normalized spacial score (nSPS) is 37.2. The van der Waals surface area contributed by atoms with Crippen LogP contribution < -0.4 is 16.8 Å². The van der Waals surface area contributed by atoms with Crippen LogP contribution in [0.3, 0.4) is 0 Å². The van der Waals surface area contributed by atoms with Gasteiger partial charge in [-0.15, -0.1) is 0 Å². The predicted molar refractivity (Wildman–Crippen MR) is 76.8 cm³/mol. The van der Waals surface area contributed by atoms with Crippen LogP contribution in [0.4, 0.5) is 0 Å². The van der Waals surface area contributed by atoms with Crippen molar-refractivity contribution >= 4 is 0 Å². The maximum Gasteiger partial charge on any atom is 0.0888 e. The van der Waals surface area contributed by atoms with E-state index in [0.29, 0.717) is 17.9 Å². The quantitative estimate of drug-likeness (QED) is 0.719. The van der Waals surface area contributed by atoms with Crippen molar-refractivity contribution in [2.75, 3.05) is 0 Å². The first-order valence-electron chi connectivity index (χ1n) is 7.60. The molecule has 2 aliphatic rings. The second kappa shape index (κ2) is 6.46. The van der Waals surface area contributed by atoms with Crippen molar-refractivity contribution in [3.8, 4) is 0 Å². The standard InChI is InChI=1S/C15H29N3/c1-11(16)18-15-8-4-13(5-9-15)10-12-2-6-14(17)7-3-12/h12-15,18H,1-10,16-17H2. The SMILES string of the molecule is C=C(N)NC1CCC(CC2CCC(N)CC2)CC1. The van der Waals surface area contributed by atoms with E-state index in [1.54, 1.807) is 0 Å². The molecule has 0 aliphatic heterocycles. The van der Waals surface area contributed by atoms with E-state index in [9.17, 15) is 0 Å². The van der Waals surface area contributed by atoms with E-state index in [4.69, 9.17) is 11.5 Å². The molecule has 0 aromatic rings. The molecule has 0 spiro atoms. The van der Waals surface area contributed by atoms with Gasteiger partial charge in [0.1, 0.15) is 0 Å². The second-order valence-electron chi connectivity index (χ2n) is 6.40. The summed E-state index contributed by atoms with van der Waals surface area (Å²) in [4.78, 5) is 0. The Morgan fingerprint density at radius 2 is 1.44 bits per heavy atom. The first kappa shape index (κ1) is 13.7. The summed E-state index contributed by atoms with van der Waals surface area (Å²) in [7, 11) is 0. The minimum atomic E-state index is 0.483. The zero-order valence-electron chi connectivity index (χ0n) is 11.5. The Labute approximate surface area is 111 Å². The van der Waals surface area contributed by atoms with Crippen LogP contribution in [-0.4, -0.2) is 12.1 Å². The first-order chi connectivity index (χ1) is 8.63. The summed E-state index contributed by atoms with van der Waals surface area (Å²) >= 11 is 0. The molecule has 0 radical (unpaired) electrons. The van der Waals surface area contributed by atoms with E-state index in [0.717, 1.165) is 11.8 Å². The first-order valence-corrected chi connectivity index (χ1v) is 7.60. The third-order valence-corrected chi connectivity index (χ3v) is 4.79. The molecule has 0 amide bonds. The van der Waals surface area contributed by atoms with Gasteiger partial charge in [-0.2, -0.15) is 0 Å².